The number of halogens is 2. The highest BCUT2D eigenvalue weighted by Crippen LogP contribution is 2.43. The van der Waals surface area contributed by atoms with Crippen LogP contribution in [0.25, 0.3) is 5.65 Å². The Morgan fingerprint density at radius 1 is 1.11 bits per heavy atom. The number of nitrogens with zero attached hydrogens (tertiary/aromatic N) is 2. The number of amides is 1. The molecular formula is C26H23F2N3O4. The molecule has 0 spiro atoms. The molecule has 3 N–H and O–H groups in total. The fourth-order valence-corrected chi connectivity index (χ4v) is 4.67. The molecule has 1 aliphatic carbocycles. The van der Waals surface area contributed by atoms with Gasteiger partial charge in [-0.25, -0.2) is 13.8 Å². The predicted octanol–water partition coefficient (Wildman–Crippen LogP) is 3.55. The van der Waals surface area contributed by atoms with Crippen LogP contribution in [0.2, 0.25) is 0 Å². The highest BCUT2D eigenvalue weighted by molar-refractivity contribution is 5.95. The number of aliphatic hydroxyl groups is 2. The van der Waals surface area contributed by atoms with Crippen LogP contribution in [-0.4, -0.2) is 31.6 Å². The zero-order valence-corrected chi connectivity index (χ0v) is 19.0. The number of nitrogens with one attached hydrogen (secondary N) is 1. The molecule has 0 fully saturated rings. The summed E-state index contributed by atoms with van der Waals surface area (Å²) in [4.78, 5) is 17.9. The Hall–Kier alpha value is -3.82. The van der Waals surface area contributed by atoms with E-state index in [1.54, 1.807) is 56.4 Å². The maximum absolute atomic E-state index is 14.0. The highest BCUT2D eigenvalue weighted by Gasteiger charge is 2.49. The summed E-state index contributed by atoms with van der Waals surface area (Å²) in [6, 6.07) is 13.8. The normalized spacial score (nSPS) is 21.2. The molecule has 1 amide bonds. The lowest BCUT2D eigenvalue weighted by molar-refractivity contribution is -0.0189. The van der Waals surface area contributed by atoms with Crippen LogP contribution in [0.1, 0.15) is 45.9 Å². The number of imidazole rings is 1. The van der Waals surface area contributed by atoms with E-state index >= 15 is 0 Å². The van der Waals surface area contributed by atoms with Crippen molar-refractivity contribution in [3.05, 3.63) is 101 Å². The lowest BCUT2D eigenvalue weighted by Gasteiger charge is -2.31. The number of hydrogen-bond donors (Lipinski definition) is 3. The molecule has 5 rings (SSSR count). The van der Waals surface area contributed by atoms with E-state index in [0.717, 1.165) is 12.1 Å². The fraction of sp³-hybridized carbons (Fsp3) is 0.231. The summed E-state index contributed by atoms with van der Waals surface area (Å²) in [5.74, 6) is -1.72. The van der Waals surface area contributed by atoms with Crippen molar-refractivity contribution in [3.8, 4) is 5.75 Å². The number of ether oxygens (including phenoxy) is 1. The summed E-state index contributed by atoms with van der Waals surface area (Å²) in [5.41, 5.74) is 0.612. The van der Waals surface area contributed by atoms with E-state index in [1.165, 1.54) is 10.5 Å². The lowest BCUT2D eigenvalue weighted by Crippen LogP contribution is -2.50. The largest absolute Gasteiger partial charge is 0.485 e. The first-order valence-corrected chi connectivity index (χ1v) is 11.0. The monoisotopic (exact) mass is 479 g/mol. The SMILES string of the molecule is Cc1nc2c(OCc3c(F)cccc3F)cccn2c1C(=O)N[C@]1(C)c2ccccc2[C@@H](O)[C@H]1O. The van der Waals surface area contributed by atoms with Gasteiger partial charge in [-0.1, -0.05) is 30.3 Å². The molecule has 0 bridgehead atoms. The van der Waals surface area contributed by atoms with Crippen molar-refractivity contribution >= 4 is 11.6 Å². The van der Waals surface area contributed by atoms with E-state index in [4.69, 9.17) is 4.74 Å². The number of pyridine rings is 1. The number of rotatable bonds is 5. The maximum Gasteiger partial charge on any atom is 0.270 e. The number of carbonyl (C=O) groups is 1. The van der Waals surface area contributed by atoms with Gasteiger partial charge in [0, 0.05) is 6.20 Å². The van der Waals surface area contributed by atoms with Gasteiger partial charge in [-0.05, 0) is 49.2 Å². The zero-order valence-electron chi connectivity index (χ0n) is 19.0. The Morgan fingerprint density at radius 2 is 1.83 bits per heavy atom. The molecule has 1 aliphatic rings. The van der Waals surface area contributed by atoms with Gasteiger partial charge in [0.2, 0.25) is 0 Å². The van der Waals surface area contributed by atoms with Crippen molar-refractivity contribution in [1.29, 1.82) is 0 Å². The topological polar surface area (TPSA) is 96.1 Å². The third-order valence-corrected chi connectivity index (χ3v) is 6.54. The van der Waals surface area contributed by atoms with Gasteiger partial charge in [0.25, 0.3) is 5.91 Å². The Balaban J connectivity index is 1.47. The second-order valence-corrected chi connectivity index (χ2v) is 8.73. The Kier molecular flexibility index (Phi) is 5.53. The first-order chi connectivity index (χ1) is 16.7. The second kappa shape index (κ2) is 8.44. The van der Waals surface area contributed by atoms with Gasteiger partial charge in [-0.15, -0.1) is 0 Å². The molecule has 2 aromatic heterocycles. The first-order valence-electron chi connectivity index (χ1n) is 11.0. The van der Waals surface area contributed by atoms with Gasteiger partial charge >= 0.3 is 0 Å². The van der Waals surface area contributed by atoms with E-state index in [1.807, 2.05) is 0 Å². The molecule has 35 heavy (non-hydrogen) atoms. The number of fused-ring (bicyclic) bond motifs is 2. The van der Waals surface area contributed by atoms with Crippen molar-refractivity contribution in [2.24, 2.45) is 0 Å². The van der Waals surface area contributed by atoms with Gasteiger partial charge in [0.05, 0.1) is 16.8 Å². The third kappa shape index (κ3) is 3.64. The van der Waals surface area contributed by atoms with Crippen LogP contribution in [-0.2, 0) is 12.1 Å². The van der Waals surface area contributed by atoms with Crippen molar-refractivity contribution in [2.75, 3.05) is 0 Å². The minimum absolute atomic E-state index is 0.204. The molecule has 0 unspecified atom stereocenters. The highest BCUT2D eigenvalue weighted by atomic mass is 19.1. The van der Waals surface area contributed by atoms with Crippen LogP contribution in [0.4, 0.5) is 8.78 Å². The summed E-state index contributed by atoms with van der Waals surface area (Å²) >= 11 is 0. The first kappa shape index (κ1) is 22.9. The molecule has 0 saturated carbocycles. The molecule has 4 aromatic rings. The standard InChI is InChI=1S/C26H23F2N3O4/c1-14-21(25(34)30-26(2)17-8-4-3-7-15(17)22(32)23(26)33)31-12-6-11-20(24(31)29-14)35-13-16-18(27)9-5-10-19(16)28/h3-12,22-23,32-33H,13H2,1-2H3,(H,30,34)/t22-,23-,26-/m1/s1. The van der Waals surface area contributed by atoms with Crippen LogP contribution in [0.3, 0.4) is 0 Å². The molecule has 9 heteroatoms. The molecule has 0 saturated heterocycles. The molecule has 3 atom stereocenters. The smallest absolute Gasteiger partial charge is 0.270 e. The summed E-state index contributed by atoms with van der Waals surface area (Å²) in [7, 11) is 0. The third-order valence-electron chi connectivity index (χ3n) is 6.54. The van der Waals surface area contributed by atoms with Gasteiger partial charge in [-0.2, -0.15) is 0 Å². The van der Waals surface area contributed by atoms with E-state index in [2.05, 4.69) is 10.3 Å². The molecule has 0 aliphatic heterocycles. The second-order valence-electron chi connectivity index (χ2n) is 8.73. The van der Waals surface area contributed by atoms with E-state index in [9.17, 15) is 23.8 Å². The molecule has 180 valence electrons. The predicted molar refractivity (Wildman–Crippen MR) is 123 cm³/mol. The maximum atomic E-state index is 14.0. The zero-order chi connectivity index (χ0) is 24.9. The fourth-order valence-electron chi connectivity index (χ4n) is 4.67. The van der Waals surface area contributed by atoms with Crippen LogP contribution in [0, 0.1) is 18.6 Å². The summed E-state index contributed by atoms with van der Waals surface area (Å²) in [5, 5.41) is 24.1. The van der Waals surface area contributed by atoms with Crippen molar-refractivity contribution < 1.29 is 28.5 Å². The van der Waals surface area contributed by atoms with Crippen LogP contribution >= 0.6 is 0 Å². The molecule has 2 aromatic carbocycles. The number of aromatic nitrogens is 2. The quantitative estimate of drug-likeness (QED) is 0.407. The molecular weight excluding hydrogens is 456 g/mol. The van der Waals surface area contributed by atoms with Crippen molar-refractivity contribution in [3.63, 3.8) is 0 Å². The number of aliphatic hydroxyl groups excluding tert-OH is 2. The van der Waals surface area contributed by atoms with E-state index < -0.39 is 35.3 Å². The Labute approximate surface area is 199 Å². The van der Waals surface area contributed by atoms with Gasteiger partial charge in [0.15, 0.2) is 11.4 Å². The Morgan fingerprint density at radius 3 is 2.57 bits per heavy atom. The van der Waals surface area contributed by atoms with Gasteiger partial charge < -0.3 is 20.3 Å². The molecule has 0 radical (unpaired) electrons. The number of carbonyl (C=O) groups excluding carboxylic acids is 1. The molecule has 7 nitrogen and oxygen atoms in total. The van der Waals surface area contributed by atoms with Crippen molar-refractivity contribution in [1.82, 2.24) is 14.7 Å². The van der Waals surface area contributed by atoms with E-state index in [-0.39, 0.29) is 23.6 Å². The van der Waals surface area contributed by atoms with Gasteiger partial charge in [0.1, 0.15) is 36.1 Å². The summed E-state index contributed by atoms with van der Waals surface area (Å²) in [6.45, 7) is 2.95. The average molecular weight is 479 g/mol. The Bertz CT molecular complexity index is 1430. The summed E-state index contributed by atoms with van der Waals surface area (Å²) in [6.07, 6.45) is -0.770. The van der Waals surface area contributed by atoms with Crippen molar-refractivity contribution in [2.45, 2.75) is 38.2 Å². The van der Waals surface area contributed by atoms with Crippen LogP contribution < -0.4 is 10.1 Å². The number of aryl methyl sites for hydroxylation is 1. The lowest BCUT2D eigenvalue weighted by atomic mass is 9.91. The minimum Gasteiger partial charge on any atom is -0.485 e. The van der Waals surface area contributed by atoms with E-state index in [0.29, 0.717) is 22.5 Å². The molecule has 2 heterocycles. The minimum atomic E-state index is -1.25. The number of benzene rings is 2. The average Bonchev–Trinajstić information content (AvgIpc) is 3.27. The summed E-state index contributed by atoms with van der Waals surface area (Å²) < 4.78 is 35.2. The van der Waals surface area contributed by atoms with Gasteiger partial charge in [-0.3, -0.25) is 9.20 Å². The van der Waals surface area contributed by atoms with Crippen LogP contribution in [0.5, 0.6) is 5.75 Å². The number of hydrogen-bond acceptors (Lipinski definition) is 5. The van der Waals surface area contributed by atoms with Crippen LogP contribution in [0.15, 0.2) is 60.8 Å².